The van der Waals surface area contributed by atoms with Crippen LogP contribution >= 0.6 is 0 Å². The van der Waals surface area contributed by atoms with Crippen molar-refractivity contribution in [2.75, 3.05) is 5.32 Å². The molecular formula is C26H24N4O3. The van der Waals surface area contributed by atoms with Gasteiger partial charge in [-0.2, -0.15) is 5.10 Å². The molecule has 0 atom stereocenters. The number of pyridine rings is 1. The third-order valence-electron chi connectivity index (χ3n) is 4.75. The Kier molecular flexibility index (Phi) is 6.04. The van der Waals surface area contributed by atoms with Crippen LogP contribution in [0.2, 0.25) is 0 Å². The van der Waals surface area contributed by atoms with E-state index in [0.29, 0.717) is 16.9 Å². The summed E-state index contributed by atoms with van der Waals surface area (Å²) in [7, 11) is 0. The van der Waals surface area contributed by atoms with Gasteiger partial charge in [0, 0.05) is 30.4 Å². The molecule has 2 aromatic carbocycles. The number of amides is 1. The Labute approximate surface area is 192 Å². The van der Waals surface area contributed by atoms with Gasteiger partial charge in [0.15, 0.2) is 0 Å². The lowest BCUT2D eigenvalue weighted by Gasteiger charge is -2.21. The minimum atomic E-state index is -0.674. The minimum absolute atomic E-state index is 0.251. The Morgan fingerprint density at radius 3 is 2.42 bits per heavy atom. The van der Waals surface area contributed by atoms with Gasteiger partial charge in [-0.1, -0.05) is 30.3 Å². The summed E-state index contributed by atoms with van der Waals surface area (Å²) < 4.78 is 7.18. The first-order valence-electron chi connectivity index (χ1n) is 10.5. The summed E-state index contributed by atoms with van der Waals surface area (Å²) >= 11 is 0. The van der Waals surface area contributed by atoms with Crippen LogP contribution in [0.3, 0.4) is 0 Å². The SMILES string of the molecule is CC(C)(C)OC(=O)c1ccc(-n2cccn2)cc1NC(=O)c1cncc(-c2ccccc2)c1. The fourth-order valence-corrected chi connectivity index (χ4v) is 3.26. The van der Waals surface area contributed by atoms with Gasteiger partial charge in [-0.05, 0) is 56.7 Å². The quantitative estimate of drug-likeness (QED) is 0.434. The number of hydrogen-bond acceptors (Lipinski definition) is 5. The summed E-state index contributed by atoms with van der Waals surface area (Å²) in [6.45, 7) is 5.38. The third kappa shape index (κ3) is 5.33. The molecule has 0 unspecified atom stereocenters. The Morgan fingerprint density at radius 1 is 0.939 bits per heavy atom. The average molecular weight is 441 g/mol. The molecule has 0 saturated heterocycles. The number of benzene rings is 2. The standard InChI is InChI=1S/C26H24N4O3/c1-26(2,3)33-25(32)22-11-10-21(30-13-7-12-28-30)15-23(22)29-24(31)20-14-19(16-27-17-20)18-8-5-4-6-9-18/h4-17H,1-3H3,(H,29,31). The van der Waals surface area contributed by atoms with Crippen molar-refractivity contribution in [3.63, 3.8) is 0 Å². The van der Waals surface area contributed by atoms with Gasteiger partial charge in [0.25, 0.3) is 5.91 Å². The molecule has 0 bridgehead atoms. The number of hydrogen-bond donors (Lipinski definition) is 1. The van der Waals surface area contributed by atoms with E-state index in [9.17, 15) is 9.59 Å². The van der Waals surface area contributed by atoms with Crippen LogP contribution in [0, 0.1) is 0 Å². The molecule has 7 heteroatoms. The summed E-state index contributed by atoms with van der Waals surface area (Å²) in [6.07, 6.45) is 6.63. The number of rotatable bonds is 5. The third-order valence-corrected chi connectivity index (χ3v) is 4.75. The first kappa shape index (κ1) is 22.0. The Balaban J connectivity index is 1.67. The van der Waals surface area contributed by atoms with Crippen LogP contribution in [0.5, 0.6) is 0 Å². The molecule has 4 rings (SSSR count). The van der Waals surface area contributed by atoms with E-state index in [1.54, 1.807) is 74.4 Å². The fraction of sp³-hybridized carbons (Fsp3) is 0.154. The maximum atomic E-state index is 13.1. The van der Waals surface area contributed by atoms with Crippen LogP contribution in [0.1, 0.15) is 41.5 Å². The Morgan fingerprint density at radius 2 is 1.73 bits per heavy atom. The number of nitrogens with zero attached hydrogens (tertiary/aromatic N) is 3. The van der Waals surface area contributed by atoms with Gasteiger partial charge in [-0.25, -0.2) is 9.48 Å². The number of carbonyl (C=O) groups excluding carboxylic acids is 2. The molecule has 2 heterocycles. The zero-order chi connectivity index (χ0) is 23.4. The van der Waals surface area contributed by atoms with Crippen LogP contribution in [-0.2, 0) is 4.74 Å². The highest BCUT2D eigenvalue weighted by molar-refractivity contribution is 6.08. The normalized spacial score (nSPS) is 11.1. The predicted octanol–water partition coefficient (Wildman–Crippen LogP) is 5.14. The highest BCUT2D eigenvalue weighted by Crippen LogP contribution is 2.25. The zero-order valence-corrected chi connectivity index (χ0v) is 18.6. The molecule has 0 aliphatic heterocycles. The zero-order valence-electron chi connectivity index (χ0n) is 18.6. The van der Waals surface area contributed by atoms with Gasteiger partial charge >= 0.3 is 5.97 Å². The van der Waals surface area contributed by atoms with Crippen molar-refractivity contribution in [1.82, 2.24) is 14.8 Å². The van der Waals surface area contributed by atoms with E-state index in [0.717, 1.165) is 11.1 Å². The van der Waals surface area contributed by atoms with E-state index in [4.69, 9.17) is 4.74 Å². The molecule has 0 aliphatic carbocycles. The molecule has 166 valence electrons. The molecule has 0 aliphatic rings. The Bertz CT molecular complexity index is 1280. The van der Waals surface area contributed by atoms with Crippen LogP contribution in [0.25, 0.3) is 16.8 Å². The lowest BCUT2D eigenvalue weighted by atomic mass is 10.1. The number of esters is 1. The highest BCUT2D eigenvalue weighted by atomic mass is 16.6. The van der Waals surface area contributed by atoms with Gasteiger partial charge in [-0.15, -0.1) is 0 Å². The number of ether oxygens (including phenoxy) is 1. The minimum Gasteiger partial charge on any atom is -0.456 e. The fourth-order valence-electron chi connectivity index (χ4n) is 3.26. The lowest BCUT2D eigenvalue weighted by Crippen LogP contribution is -2.25. The van der Waals surface area contributed by atoms with Crippen LogP contribution in [0.4, 0.5) is 5.69 Å². The molecular weight excluding hydrogens is 416 g/mol. The van der Waals surface area contributed by atoms with E-state index in [2.05, 4.69) is 15.4 Å². The van der Waals surface area contributed by atoms with Gasteiger partial charge in [0.05, 0.1) is 22.5 Å². The van der Waals surface area contributed by atoms with Crippen molar-refractivity contribution in [3.8, 4) is 16.8 Å². The van der Waals surface area contributed by atoms with Crippen molar-refractivity contribution in [2.24, 2.45) is 0 Å². The predicted molar refractivity (Wildman–Crippen MR) is 126 cm³/mol. The second-order valence-electron chi connectivity index (χ2n) is 8.46. The largest absolute Gasteiger partial charge is 0.456 e. The summed E-state index contributed by atoms with van der Waals surface area (Å²) in [5.74, 6) is -0.913. The van der Waals surface area contributed by atoms with Crippen molar-refractivity contribution in [2.45, 2.75) is 26.4 Å². The van der Waals surface area contributed by atoms with Crippen molar-refractivity contribution in [1.29, 1.82) is 0 Å². The summed E-state index contributed by atoms with van der Waals surface area (Å²) in [4.78, 5) is 30.2. The first-order valence-corrected chi connectivity index (χ1v) is 10.5. The van der Waals surface area contributed by atoms with E-state index < -0.39 is 11.6 Å². The smallest absolute Gasteiger partial charge is 0.340 e. The summed E-state index contributed by atoms with van der Waals surface area (Å²) in [6, 6.07) is 18.3. The van der Waals surface area contributed by atoms with Crippen molar-refractivity contribution >= 4 is 17.6 Å². The molecule has 0 spiro atoms. The first-order chi connectivity index (χ1) is 15.8. The molecule has 2 aromatic heterocycles. The molecule has 33 heavy (non-hydrogen) atoms. The second kappa shape index (κ2) is 9.08. The van der Waals surface area contributed by atoms with E-state index in [1.165, 1.54) is 6.20 Å². The highest BCUT2D eigenvalue weighted by Gasteiger charge is 2.22. The van der Waals surface area contributed by atoms with Gasteiger partial charge < -0.3 is 10.1 Å². The molecule has 7 nitrogen and oxygen atoms in total. The monoisotopic (exact) mass is 440 g/mol. The van der Waals surface area contributed by atoms with Crippen LogP contribution in [0.15, 0.2) is 85.5 Å². The second-order valence-corrected chi connectivity index (χ2v) is 8.46. The average Bonchev–Trinajstić information content (AvgIpc) is 3.33. The maximum Gasteiger partial charge on any atom is 0.340 e. The molecule has 4 aromatic rings. The van der Waals surface area contributed by atoms with E-state index in [-0.39, 0.29) is 11.5 Å². The Hall–Kier alpha value is -4.26. The molecule has 1 N–H and O–H groups in total. The molecule has 0 fully saturated rings. The van der Waals surface area contributed by atoms with Gasteiger partial charge in [-0.3, -0.25) is 9.78 Å². The summed E-state index contributed by atoms with van der Waals surface area (Å²) in [5, 5.41) is 7.08. The number of anilines is 1. The summed E-state index contributed by atoms with van der Waals surface area (Å²) in [5.41, 5.74) is 2.74. The van der Waals surface area contributed by atoms with Crippen LogP contribution < -0.4 is 5.32 Å². The van der Waals surface area contributed by atoms with Crippen molar-refractivity contribution in [3.05, 3.63) is 96.6 Å². The number of nitrogens with one attached hydrogen (secondary N) is 1. The lowest BCUT2D eigenvalue weighted by molar-refractivity contribution is 0.00708. The number of aromatic nitrogens is 3. The van der Waals surface area contributed by atoms with E-state index in [1.807, 2.05) is 30.3 Å². The maximum absolute atomic E-state index is 13.1. The molecule has 0 radical (unpaired) electrons. The van der Waals surface area contributed by atoms with Gasteiger partial charge in [0.1, 0.15) is 5.60 Å². The molecule has 0 saturated carbocycles. The number of carbonyl (C=O) groups is 2. The van der Waals surface area contributed by atoms with Crippen LogP contribution in [-0.4, -0.2) is 32.2 Å². The topological polar surface area (TPSA) is 86.1 Å². The molecule has 1 amide bonds. The van der Waals surface area contributed by atoms with E-state index >= 15 is 0 Å². The van der Waals surface area contributed by atoms with Gasteiger partial charge in [0.2, 0.25) is 0 Å². The van der Waals surface area contributed by atoms with Crippen molar-refractivity contribution < 1.29 is 14.3 Å².